The maximum Gasteiger partial charge on any atom is 0.178 e. The number of imidazole rings is 1. The van der Waals surface area contributed by atoms with Crippen molar-refractivity contribution in [3.8, 4) is 0 Å². The first-order valence-electron chi connectivity index (χ1n) is 5.91. The van der Waals surface area contributed by atoms with Gasteiger partial charge in [0.2, 0.25) is 0 Å². The number of aromatic nitrogens is 2. The van der Waals surface area contributed by atoms with Crippen LogP contribution in [0.25, 0.3) is 11.0 Å². The highest BCUT2D eigenvalue weighted by Crippen LogP contribution is 2.45. The van der Waals surface area contributed by atoms with Gasteiger partial charge in [0.15, 0.2) is 4.77 Å². The molecule has 0 unspecified atom stereocenters. The predicted octanol–water partition coefficient (Wildman–Crippen LogP) is 4.50. The van der Waals surface area contributed by atoms with Gasteiger partial charge in [0, 0.05) is 5.54 Å². The highest BCUT2D eigenvalue weighted by atomic mass is 35.5. The topological polar surface area (TPSA) is 20.7 Å². The molecular formula is C13H15ClN2S. The summed E-state index contributed by atoms with van der Waals surface area (Å²) in [5.41, 5.74) is 2.10. The van der Waals surface area contributed by atoms with E-state index in [-0.39, 0.29) is 5.54 Å². The molecule has 0 atom stereocenters. The average Bonchev–Trinajstić information content (AvgIpc) is 3.02. The third-order valence-corrected chi connectivity index (χ3v) is 4.40. The zero-order chi connectivity index (χ0) is 12.2. The molecule has 0 bridgehead atoms. The molecule has 1 aromatic carbocycles. The smallest absolute Gasteiger partial charge is 0.178 e. The van der Waals surface area contributed by atoms with Gasteiger partial charge in [0.1, 0.15) is 0 Å². The lowest BCUT2D eigenvalue weighted by molar-refractivity contribution is 0.310. The number of para-hydroxylation sites is 1. The molecule has 17 heavy (non-hydrogen) atoms. The molecule has 1 aliphatic rings. The third kappa shape index (κ3) is 1.64. The summed E-state index contributed by atoms with van der Waals surface area (Å²) in [6, 6.07) is 5.90. The van der Waals surface area contributed by atoms with E-state index in [1.54, 1.807) is 0 Å². The number of nitrogens with zero attached hydrogens (tertiary/aromatic N) is 1. The zero-order valence-electron chi connectivity index (χ0n) is 9.96. The Morgan fingerprint density at radius 1 is 1.41 bits per heavy atom. The van der Waals surface area contributed by atoms with E-state index in [1.165, 1.54) is 12.8 Å². The Kier molecular flexibility index (Phi) is 2.39. The fourth-order valence-electron chi connectivity index (χ4n) is 2.64. The molecule has 3 rings (SSSR count). The number of halogens is 1. The number of hydrogen-bond donors (Lipinski definition) is 1. The van der Waals surface area contributed by atoms with Crippen LogP contribution in [-0.4, -0.2) is 9.55 Å². The molecule has 1 saturated carbocycles. The summed E-state index contributed by atoms with van der Waals surface area (Å²) in [7, 11) is 0. The van der Waals surface area contributed by atoms with Gasteiger partial charge in [-0.3, -0.25) is 0 Å². The van der Waals surface area contributed by atoms with E-state index in [0.29, 0.717) is 5.92 Å². The van der Waals surface area contributed by atoms with Gasteiger partial charge < -0.3 is 9.55 Å². The van der Waals surface area contributed by atoms with Crippen molar-refractivity contribution in [3.05, 3.63) is 28.0 Å². The van der Waals surface area contributed by atoms with E-state index in [1.807, 2.05) is 18.2 Å². The van der Waals surface area contributed by atoms with Crippen molar-refractivity contribution in [1.82, 2.24) is 9.55 Å². The summed E-state index contributed by atoms with van der Waals surface area (Å²) in [5, 5.41) is 0.767. The number of rotatable bonds is 2. The van der Waals surface area contributed by atoms with Crippen LogP contribution in [0.5, 0.6) is 0 Å². The van der Waals surface area contributed by atoms with E-state index in [4.69, 9.17) is 23.8 Å². The molecule has 0 spiro atoms. The lowest BCUT2D eigenvalue weighted by atomic mass is 9.98. The third-order valence-electron chi connectivity index (χ3n) is 3.81. The molecule has 0 amide bonds. The number of fused-ring (bicyclic) bond motifs is 1. The fourth-order valence-corrected chi connectivity index (χ4v) is 3.33. The maximum absolute atomic E-state index is 6.32. The van der Waals surface area contributed by atoms with E-state index in [2.05, 4.69) is 23.4 Å². The Labute approximate surface area is 111 Å². The van der Waals surface area contributed by atoms with Crippen LogP contribution >= 0.6 is 23.8 Å². The van der Waals surface area contributed by atoms with Gasteiger partial charge in [-0.25, -0.2) is 0 Å². The fraction of sp³-hybridized carbons (Fsp3) is 0.462. The van der Waals surface area contributed by atoms with Crippen molar-refractivity contribution in [2.24, 2.45) is 5.92 Å². The Morgan fingerprint density at radius 2 is 2.12 bits per heavy atom. The number of nitrogens with one attached hydrogen (secondary N) is 1. The summed E-state index contributed by atoms with van der Waals surface area (Å²) < 4.78 is 2.96. The summed E-state index contributed by atoms with van der Waals surface area (Å²) in [6.07, 6.45) is 2.57. The Morgan fingerprint density at radius 3 is 2.76 bits per heavy atom. The highest BCUT2D eigenvalue weighted by molar-refractivity contribution is 7.71. The van der Waals surface area contributed by atoms with Gasteiger partial charge in [-0.2, -0.15) is 0 Å². The molecule has 1 N–H and O–H groups in total. The summed E-state index contributed by atoms with van der Waals surface area (Å²) in [5.74, 6) is 0.712. The van der Waals surface area contributed by atoms with Gasteiger partial charge >= 0.3 is 0 Å². The van der Waals surface area contributed by atoms with Crippen LogP contribution in [0.4, 0.5) is 0 Å². The lowest BCUT2D eigenvalue weighted by Crippen LogP contribution is -2.28. The van der Waals surface area contributed by atoms with Crippen LogP contribution in [0.15, 0.2) is 18.2 Å². The molecule has 0 aliphatic heterocycles. The van der Waals surface area contributed by atoms with E-state index in [0.717, 1.165) is 20.8 Å². The van der Waals surface area contributed by atoms with Crippen LogP contribution in [0, 0.1) is 10.7 Å². The summed E-state index contributed by atoms with van der Waals surface area (Å²) >= 11 is 11.8. The molecule has 2 aromatic rings. The molecule has 1 fully saturated rings. The highest BCUT2D eigenvalue weighted by Gasteiger charge is 2.40. The minimum Gasteiger partial charge on any atom is -0.331 e. The molecule has 90 valence electrons. The minimum absolute atomic E-state index is 0.0420. The van der Waals surface area contributed by atoms with Crippen LogP contribution < -0.4 is 0 Å². The molecule has 2 nitrogen and oxygen atoms in total. The van der Waals surface area contributed by atoms with Crippen molar-refractivity contribution in [2.75, 3.05) is 0 Å². The largest absolute Gasteiger partial charge is 0.331 e. The second-order valence-electron chi connectivity index (χ2n) is 5.33. The molecular weight excluding hydrogens is 252 g/mol. The Hall–Kier alpha value is -0.800. The van der Waals surface area contributed by atoms with Crippen molar-refractivity contribution in [3.63, 3.8) is 0 Å². The first-order chi connectivity index (χ1) is 8.01. The Balaban J connectivity index is 2.35. The summed E-state index contributed by atoms with van der Waals surface area (Å²) in [6.45, 7) is 4.49. The van der Waals surface area contributed by atoms with E-state index in [9.17, 15) is 0 Å². The molecule has 0 radical (unpaired) electrons. The van der Waals surface area contributed by atoms with Crippen LogP contribution in [0.2, 0.25) is 5.02 Å². The standard InChI is InChI=1S/C13H15ClN2S/c1-13(2,8-6-7-8)16-11-9(14)4-3-5-10(11)15-12(16)17/h3-5,8H,6-7H2,1-2H3,(H,15,17). The van der Waals surface area contributed by atoms with Gasteiger partial charge in [-0.15, -0.1) is 0 Å². The monoisotopic (exact) mass is 266 g/mol. The second-order valence-corrected chi connectivity index (χ2v) is 6.12. The first-order valence-corrected chi connectivity index (χ1v) is 6.70. The lowest BCUT2D eigenvalue weighted by Gasteiger charge is -2.27. The van der Waals surface area contributed by atoms with Gasteiger partial charge in [-0.1, -0.05) is 17.7 Å². The molecule has 0 saturated heterocycles. The molecule has 1 aromatic heterocycles. The van der Waals surface area contributed by atoms with Crippen LogP contribution in [0.3, 0.4) is 0 Å². The van der Waals surface area contributed by atoms with Gasteiger partial charge in [-0.05, 0) is 57.0 Å². The van der Waals surface area contributed by atoms with Crippen molar-refractivity contribution in [2.45, 2.75) is 32.2 Å². The van der Waals surface area contributed by atoms with Crippen molar-refractivity contribution in [1.29, 1.82) is 0 Å². The average molecular weight is 267 g/mol. The van der Waals surface area contributed by atoms with Crippen LogP contribution in [0.1, 0.15) is 26.7 Å². The second kappa shape index (κ2) is 3.59. The van der Waals surface area contributed by atoms with Crippen LogP contribution in [-0.2, 0) is 5.54 Å². The maximum atomic E-state index is 6.32. The SMILES string of the molecule is CC(C)(C1CC1)n1c(=S)[nH]c2cccc(Cl)c21. The molecule has 1 heterocycles. The number of hydrogen-bond acceptors (Lipinski definition) is 1. The van der Waals surface area contributed by atoms with Crippen molar-refractivity contribution >= 4 is 34.9 Å². The number of H-pyrrole nitrogens is 1. The number of aromatic amines is 1. The van der Waals surface area contributed by atoms with E-state index >= 15 is 0 Å². The first kappa shape index (κ1) is 11.3. The zero-order valence-corrected chi connectivity index (χ0v) is 11.5. The minimum atomic E-state index is 0.0420. The molecule has 4 heteroatoms. The quantitative estimate of drug-likeness (QED) is 0.794. The van der Waals surface area contributed by atoms with Crippen molar-refractivity contribution < 1.29 is 0 Å². The van der Waals surface area contributed by atoms with Gasteiger partial charge in [0.05, 0.1) is 16.1 Å². The van der Waals surface area contributed by atoms with E-state index < -0.39 is 0 Å². The summed E-state index contributed by atoms with van der Waals surface area (Å²) in [4.78, 5) is 3.25. The van der Waals surface area contributed by atoms with Gasteiger partial charge in [0.25, 0.3) is 0 Å². The molecule has 1 aliphatic carbocycles. The number of benzene rings is 1. The Bertz CT molecular complexity index is 634. The predicted molar refractivity (Wildman–Crippen MR) is 74.2 cm³/mol. The normalized spacial score (nSPS) is 16.6.